The highest BCUT2D eigenvalue weighted by Crippen LogP contribution is 2.47. The normalized spacial score (nSPS) is 14.8. The van der Waals surface area contributed by atoms with E-state index in [1.165, 1.54) is 19.5 Å². The second-order valence-corrected chi connectivity index (χ2v) is 11.8. The van der Waals surface area contributed by atoms with Crippen LogP contribution in [0.4, 0.5) is 5.82 Å². The van der Waals surface area contributed by atoms with E-state index in [1.807, 2.05) is 13.0 Å². The van der Waals surface area contributed by atoms with Crippen molar-refractivity contribution in [1.82, 2.24) is 24.8 Å². The van der Waals surface area contributed by atoms with Crippen molar-refractivity contribution in [3.05, 3.63) is 85.6 Å². The maximum absolute atomic E-state index is 12.9. The van der Waals surface area contributed by atoms with E-state index in [0.717, 1.165) is 32.1 Å². The van der Waals surface area contributed by atoms with Gasteiger partial charge in [0.25, 0.3) is 0 Å². The molecule has 2 aromatic rings. The lowest BCUT2D eigenvalue weighted by Gasteiger charge is -2.20. The lowest BCUT2D eigenvalue weighted by molar-refractivity contribution is -0.116. The zero-order chi connectivity index (χ0) is 31.9. The molecule has 0 aromatic carbocycles. The zero-order valence-electron chi connectivity index (χ0n) is 26.1. The number of amides is 1. The lowest BCUT2D eigenvalue weighted by atomic mass is 10.2. The van der Waals surface area contributed by atoms with E-state index in [0.29, 0.717) is 29.9 Å². The number of fused-ring (bicyclic) bond motifs is 1. The molecule has 0 saturated carbocycles. The van der Waals surface area contributed by atoms with Crippen molar-refractivity contribution < 1.29 is 23.1 Å². The molecule has 1 unspecified atom stereocenters. The highest BCUT2D eigenvalue weighted by atomic mass is 31.2. The van der Waals surface area contributed by atoms with Crippen LogP contribution in [0.2, 0.25) is 0 Å². The van der Waals surface area contributed by atoms with Crippen LogP contribution < -0.4 is 11.1 Å². The molecule has 12 heteroatoms. The number of hydrogen-bond acceptors (Lipinski definition) is 9. The third-order valence-electron chi connectivity index (χ3n) is 6.07. The number of anilines is 1. The molecule has 2 rings (SSSR count). The van der Waals surface area contributed by atoms with Gasteiger partial charge in [0.1, 0.15) is 18.2 Å². The molecular weight excluding hydrogens is 579 g/mol. The van der Waals surface area contributed by atoms with Crippen LogP contribution in [-0.2, 0) is 29.7 Å². The fourth-order valence-corrected chi connectivity index (χ4v) is 4.83. The van der Waals surface area contributed by atoms with Crippen LogP contribution in [-0.4, -0.2) is 58.1 Å². The highest BCUT2D eigenvalue weighted by Gasteiger charge is 2.25. The predicted octanol–water partition coefficient (Wildman–Crippen LogP) is 6.44. The summed E-state index contributed by atoms with van der Waals surface area (Å²) in [7, 11) is -2.20. The molecule has 0 aliphatic heterocycles. The average molecular weight is 627 g/mol. The number of carbonyl (C=O) groups excluding carboxylic acids is 1. The molecule has 0 fully saturated rings. The van der Waals surface area contributed by atoms with Gasteiger partial charge in [0.05, 0.1) is 25.6 Å². The summed E-state index contributed by atoms with van der Waals surface area (Å²) < 4.78 is 30.9. The highest BCUT2D eigenvalue weighted by molar-refractivity contribution is 7.53. The monoisotopic (exact) mass is 626 g/mol. The standard InChI is InChI=1S/C32H47N6O5P/c1-4-5-6-7-8-9-10-11-12-13-14-15-16-17-18-19-20-21-29(39)34-22-23-43-44(40,41-3)27-42-28(2)24-38-26-37-30-31(33)35-25-36-32(30)38/h5-6,8-9,11-12,14-15,17-18,20-21,25-26,28H,4,7,10,13,16,19,22-24,27H2,1-3H3,(H,34,39)(H2,33,35,36)/t28-,44?/m1/s1. The Kier molecular flexibility index (Phi) is 18.3. The Morgan fingerprint density at radius 1 is 0.955 bits per heavy atom. The number of nitrogen functional groups attached to an aromatic ring is 1. The van der Waals surface area contributed by atoms with E-state index >= 15 is 0 Å². The Bertz CT molecular complexity index is 1350. The van der Waals surface area contributed by atoms with Gasteiger partial charge in [-0.3, -0.25) is 9.36 Å². The maximum Gasteiger partial charge on any atom is 0.355 e. The second kappa shape index (κ2) is 22.0. The molecule has 0 saturated heterocycles. The molecule has 44 heavy (non-hydrogen) atoms. The van der Waals surface area contributed by atoms with Crippen LogP contribution in [0.25, 0.3) is 11.2 Å². The molecule has 0 aliphatic rings. The van der Waals surface area contributed by atoms with Crippen LogP contribution >= 0.6 is 7.60 Å². The van der Waals surface area contributed by atoms with E-state index < -0.39 is 7.60 Å². The Morgan fingerprint density at radius 2 is 1.55 bits per heavy atom. The van der Waals surface area contributed by atoms with Gasteiger partial charge >= 0.3 is 7.60 Å². The summed E-state index contributed by atoms with van der Waals surface area (Å²) in [5.74, 6) is 0.0441. The van der Waals surface area contributed by atoms with E-state index in [1.54, 1.807) is 17.0 Å². The van der Waals surface area contributed by atoms with Crippen molar-refractivity contribution in [2.75, 3.05) is 32.3 Å². The van der Waals surface area contributed by atoms with Crippen molar-refractivity contribution in [3.8, 4) is 0 Å². The van der Waals surface area contributed by atoms with E-state index in [9.17, 15) is 9.36 Å². The minimum absolute atomic E-state index is 0.0135. The smallest absolute Gasteiger partial charge is 0.355 e. The van der Waals surface area contributed by atoms with Gasteiger partial charge in [0, 0.05) is 13.7 Å². The maximum atomic E-state index is 12.9. The Hall–Kier alpha value is -3.63. The first-order valence-corrected chi connectivity index (χ1v) is 16.6. The van der Waals surface area contributed by atoms with Crippen molar-refractivity contribution in [2.24, 2.45) is 0 Å². The SMILES string of the molecule is CCC=CCC=CCC=CCC=CCC=CCC=CC(=O)NCCOP(=O)(CO[C@H](C)Cn1cnc2c(N)ncnc21)OC. The van der Waals surface area contributed by atoms with Gasteiger partial charge < -0.3 is 29.4 Å². The fraction of sp³-hybridized carbons (Fsp3) is 0.438. The number of aromatic nitrogens is 4. The summed E-state index contributed by atoms with van der Waals surface area (Å²) in [6, 6.07) is 0. The van der Waals surface area contributed by atoms with Crippen LogP contribution in [0.3, 0.4) is 0 Å². The van der Waals surface area contributed by atoms with Crippen molar-refractivity contribution >= 4 is 30.5 Å². The minimum Gasteiger partial charge on any atom is -0.382 e. The summed E-state index contributed by atoms with van der Waals surface area (Å²) in [6.07, 6.45) is 32.5. The Morgan fingerprint density at radius 3 is 2.14 bits per heavy atom. The molecule has 0 bridgehead atoms. The first-order chi connectivity index (χ1) is 21.4. The van der Waals surface area contributed by atoms with Crippen molar-refractivity contribution in [2.45, 2.75) is 65.0 Å². The Labute approximate surface area is 261 Å². The molecule has 0 aliphatic carbocycles. The summed E-state index contributed by atoms with van der Waals surface area (Å²) in [6.45, 7) is 4.55. The van der Waals surface area contributed by atoms with E-state index in [2.05, 4.69) is 81.9 Å². The third kappa shape index (κ3) is 15.2. The molecule has 11 nitrogen and oxygen atoms in total. The van der Waals surface area contributed by atoms with Crippen LogP contribution in [0.15, 0.2) is 85.6 Å². The number of ether oxygens (including phenoxy) is 1. The number of hydrogen-bond donors (Lipinski definition) is 2. The largest absolute Gasteiger partial charge is 0.382 e. The second-order valence-electron chi connectivity index (χ2n) is 9.70. The summed E-state index contributed by atoms with van der Waals surface area (Å²) in [5.41, 5.74) is 6.92. The molecule has 1 amide bonds. The number of nitrogens with one attached hydrogen (secondary N) is 1. The van der Waals surface area contributed by atoms with E-state index in [-0.39, 0.29) is 31.5 Å². The number of rotatable bonds is 22. The first-order valence-electron chi connectivity index (χ1n) is 14.9. The third-order valence-corrected chi connectivity index (χ3v) is 7.66. The number of nitrogens with two attached hydrogens (primary N) is 1. The molecule has 0 radical (unpaired) electrons. The molecule has 240 valence electrons. The summed E-state index contributed by atoms with van der Waals surface area (Å²) in [4.78, 5) is 24.4. The molecule has 2 aromatic heterocycles. The topological polar surface area (TPSA) is 143 Å². The van der Waals surface area contributed by atoms with Crippen molar-refractivity contribution in [3.63, 3.8) is 0 Å². The Balaban J connectivity index is 1.55. The number of allylic oxidation sites excluding steroid dienone is 11. The lowest BCUT2D eigenvalue weighted by Crippen LogP contribution is -2.25. The first kappa shape index (κ1) is 36.6. The van der Waals surface area contributed by atoms with Gasteiger partial charge in [0.2, 0.25) is 5.91 Å². The van der Waals surface area contributed by atoms with Gasteiger partial charge in [0.15, 0.2) is 11.5 Å². The number of carbonyl (C=O) groups is 1. The van der Waals surface area contributed by atoms with Gasteiger partial charge in [-0.2, -0.15) is 0 Å². The molecule has 0 spiro atoms. The van der Waals surface area contributed by atoms with Crippen LogP contribution in [0.1, 0.15) is 52.4 Å². The predicted molar refractivity (Wildman–Crippen MR) is 177 cm³/mol. The van der Waals surface area contributed by atoms with Crippen LogP contribution in [0.5, 0.6) is 0 Å². The number of imidazole rings is 1. The van der Waals surface area contributed by atoms with Crippen LogP contribution in [0, 0.1) is 0 Å². The van der Waals surface area contributed by atoms with Gasteiger partial charge in [-0.25, -0.2) is 15.0 Å². The molecular formula is C32H47N6O5P. The summed E-state index contributed by atoms with van der Waals surface area (Å²) >= 11 is 0. The zero-order valence-corrected chi connectivity index (χ0v) is 27.0. The molecule has 2 atom stereocenters. The van der Waals surface area contributed by atoms with E-state index in [4.69, 9.17) is 19.5 Å². The van der Waals surface area contributed by atoms with Crippen molar-refractivity contribution in [1.29, 1.82) is 0 Å². The van der Waals surface area contributed by atoms with Gasteiger partial charge in [-0.1, -0.05) is 73.8 Å². The quantitative estimate of drug-likeness (QED) is 0.0653. The minimum atomic E-state index is -3.50. The van der Waals surface area contributed by atoms with Gasteiger partial charge in [-0.15, -0.1) is 0 Å². The molecule has 2 heterocycles. The summed E-state index contributed by atoms with van der Waals surface area (Å²) in [5, 5.41) is 2.70. The fourth-order valence-electron chi connectivity index (χ4n) is 3.74. The number of nitrogens with zero attached hydrogens (tertiary/aromatic N) is 4. The van der Waals surface area contributed by atoms with Gasteiger partial charge in [-0.05, 0) is 51.5 Å². The average Bonchev–Trinajstić information content (AvgIpc) is 3.43. The molecule has 3 N–H and O–H groups in total.